The molecule has 0 saturated heterocycles. The molecule has 170 valence electrons. The van der Waals surface area contributed by atoms with Gasteiger partial charge in [-0.3, -0.25) is 14.9 Å². The fourth-order valence-corrected chi connectivity index (χ4v) is 3.26. The Morgan fingerprint density at radius 2 is 1.45 bits per heavy atom. The minimum Gasteiger partial charge on any atom is -0.497 e. The monoisotopic (exact) mass is 446 g/mol. The average molecular weight is 447 g/mol. The first-order valence-corrected chi connectivity index (χ1v) is 10.5. The fourth-order valence-electron chi connectivity index (χ4n) is 3.26. The molecule has 0 unspecified atom stereocenters. The SMILES string of the molecule is COc1ccc(CCNC(=O)NC(=O)c2ccc(C(=O)Cc3ccccc3OC)cc2)cc1. The van der Waals surface area contributed by atoms with Crippen LogP contribution < -0.4 is 20.1 Å². The average Bonchev–Trinajstić information content (AvgIpc) is 2.84. The fraction of sp³-hybridized carbons (Fsp3) is 0.192. The van der Waals surface area contributed by atoms with Crippen molar-refractivity contribution in [3.8, 4) is 11.5 Å². The Morgan fingerprint density at radius 1 is 0.788 bits per heavy atom. The van der Waals surface area contributed by atoms with Crippen LogP contribution in [0, 0.1) is 0 Å². The Bertz CT molecular complexity index is 1110. The number of amides is 3. The van der Waals surface area contributed by atoms with Crippen molar-refractivity contribution in [2.45, 2.75) is 12.8 Å². The number of benzene rings is 3. The Balaban J connectivity index is 1.48. The molecule has 0 heterocycles. The van der Waals surface area contributed by atoms with Gasteiger partial charge in [0.25, 0.3) is 5.91 Å². The minimum atomic E-state index is -0.579. The number of carbonyl (C=O) groups excluding carboxylic acids is 3. The van der Waals surface area contributed by atoms with Crippen molar-refractivity contribution in [3.05, 3.63) is 95.1 Å². The first-order chi connectivity index (χ1) is 16.0. The van der Waals surface area contributed by atoms with E-state index in [9.17, 15) is 14.4 Å². The van der Waals surface area contributed by atoms with Gasteiger partial charge < -0.3 is 14.8 Å². The maximum atomic E-state index is 12.6. The molecule has 2 N–H and O–H groups in total. The molecule has 0 radical (unpaired) electrons. The number of rotatable bonds is 9. The van der Waals surface area contributed by atoms with Crippen molar-refractivity contribution in [1.29, 1.82) is 0 Å². The lowest BCUT2D eigenvalue weighted by Gasteiger charge is -2.09. The number of ether oxygens (including phenoxy) is 2. The highest BCUT2D eigenvalue weighted by atomic mass is 16.5. The lowest BCUT2D eigenvalue weighted by Crippen LogP contribution is -2.40. The summed E-state index contributed by atoms with van der Waals surface area (Å²) in [5.74, 6) is 0.783. The standard InChI is InChI=1S/C26H26N2O5/c1-32-22-13-7-18(8-14-22)15-16-27-26(31)28-25(30)20-11-9-19(10-12-20)23(29)17-21-5-3-4-6-24(21)33-2/h3-14H,15-17H2,1-2H3,(H2,27,28,30,31). The Hall–Kier alpha value is -4.13. The van der Waals surface area contributed by atoms with Crippen molar-refractivity contribution in [1.82, 2.24) is 10.6 Å². The lowest BCUT2D eigenvalue weighted by molar-refractivity contribution is 0.0959. The van der Waals surface area contributed by atoms with E-state index in [1.807, 2.05) is 42.5 Å². The molecule has 3 aromatic rings. The summed E-state index contributed by atoms with van der Waals surface area (Å²) in [6.07, 6.45) is 0.806. The highest BCUT2D eigenvalue weighted by Gasteiger charge is 2.13. The number of carbonyl (C=O) groups is 3. The van der Waals surface area contributed by atoms with Crippen LogP contribution in [0.25, 0.3) is 0 Å². The molecule has 3 aromatic carbocycles. The summed E-state index contributed by atoms with van der Waals surface area (Å²) in [4.78, 5) is 36.9. The lowest BCUT2D eigenvalue weighted by atomic mass is 10.0. The quantitative estimate of drug-likeness (QED) is 0.488. The van der Waals surface area contributed by atoms with Crippen molar-refractivity contribution in [2.75, 3.05) is 20.8 Å². The van der Waals surface area contributed by atoms with Gasteiger partial charge in [0.1, 0.15) is 11.5 Å². The molecule has 0 spiro atoms. The van der Waals surface area contributed by atoms with E-state index in [1.165, 1.54) is 12.1 Å². The Morgan fingerprint density at radius 3 is 2.12 bits per heavy atom. The molecule has 0 aromatic heterocycles. The summed E-state index contributed by atoms with van der Waals surface area (Å²) >= 11 is 0. The summed E-state index contributed by atoms with van der Waals surface area (Å²) in [5, 5.41) is 4.95. The molecular formula is C26H26N2O5. The number of hydrogen-bond acceptors (Lipinski definition) is 5. The highest BCUT2D eigenvalue weighted by Crippen LogP contribution is 2.19. The molecule has 0 atom stereocenters. The maximum absolute atomic E-state index is 12.6. The van der Waals surface area contributed by atoms with E-state index < -0.39 is 11.9 Å². The summed E-state index contributed by atoms with van der Waals surface area (Å²) in [7, 11) is 3.16. The number of methoxy groups -OCH3 is 2. The van der Waals surface area contributed by atoms with Gasteiger partial charge in [-0.15, -0.1) is 0 Å². The minimum absolute atomic E-state index is 0.0947. The predicted octanol–water partition coefficient (Wildman–Crippen LogP) is 3.81. The third kappa shape index (κ3) is 6.67. The molecule has 0 aliphatic carbocycles. The van der Waals surface area contributed by atoms with Crippen LogP contribution in [0.5, 0.6) is 11.5 Å². The zero-order valence-corrected chi connectivity index (χ0v) is 18.6. The highest BCUT2D eigenvalue weighted by molar-refractivity contribution is 6.05. The third-order valence-corrected chi connectivity index (χ3v) is 5.10. The second-order valence-corrected chi connectivity index (χ2v) is 7.30. The second-order valence-electron chi connectivity index (χ2n) is 7.30. The molecule has 7 heteroatoms. The summed E-state index contributed by atoms with van der Waals surface area (Å²) in [6.45, 7) is 0.377. The number of Topliss-reactive ketones (excluding diaryl/α,β-unsaturated/α-hetero) is 1. The largest absolute Gasteiger partial charge is 0.497 e. The van der Waals surface area contributed by atoms with E-state index in [2.05, 4.69) is 10.6 Å². The van der Waals surface area contributed by atoms with E-state index >= 15 is 0 Å². The summed E-state index contributed by atoms with van der Waals surface area (Å²) in [5.41, 5.74) is 2.59. The van der Waals surface area contributed by atoms with Gasteiger partial charge in [0.15, 0.2) is 5.78 Å². The van der Waals surface area contributed by atoms with Crippen LogP contribution in [0.15, 0.2) is 72.8 Å². The van der Waals surface area contributed by atoms with E-state index in [-0.39, 0.29) is 17.8 Å². The van der Waals surface area contributed by atoms with Crippen LogP contribution in [0.1, 0.15) is 31.8 Å². The number of nitrogens with one attached hydrogen (secondary N) is 2. The molecule has 3 amide bonds. The number of para-hydroxylation sites is 1. The first-order valence-electron chi connectivity index (χ1n) is 10.5. The number of ketones is 1. The zero-order valence-electron chi connectivity index (χ0n) is 18.6. The molecule has 0 aliphatic heterocycles. The van der Waals surface area contributed by atoms with Crippen LogP contribution in [-0.4, -0.2) is 38.5 Å². The number of hydrogen-bond donors (Lipinski definition) is 2. The van der Waals surface area contributed by atoms with Crippen molar-refractivity contribution >= 4 is 17.7 Å². The van der Waals surface area contributed by atoms with Gasteiger partial charge in [0.05, 0.1) is 14.2 Å². The van der Waals surface area contributed by atoms with Gasteiger partial charge in [-0.25, -0.2) is 4.79 Å². The van der Waals surface area contributed by atoms with Crippen LogP contribution in [0.3, 0.4) is 0 Å². The summed E-state index contributed by atoms with van der Waals surface area (Å²) in [6, 6.07) is 20.5. The van der Waals surface area contributed by atoms with Crippen LogP contribution in [-0.2, 0) is 12.8 Å². The molecule has 0 fully saturated rings. The molecule has 7 nitrogen and oxygen atoms in total. The predicted molar refractivity (Wildman–Crippen MR) is 125 cm³/mol. The van der Waals surface area contributed by atoms with Crippen LogP contribution >= 0.6 is 0 Å². The van der Waals surface area contributed by atoms with Crippen molar-refractivity contribution < 1.29 is 23.9 Å². The zero-order chi connectivity index (χ0) is 23.6. The molecule has 33 heavy (non-hydrogen) atoms. The van der Waals surface area contributed by atoms with E-state index in [1.54, 1.807) is 32.4 Å². The number of imide groups is 1. The van der Waals surface area contributed by atoms with Crippen molar-refractivity contribution in [3.63, 3.8) is 0 Å². The second kappa shape index (κ2) is 11.5. The summed E-state index contributed by atoms with van der Waals surface area (Å²) < 4.78 is 10.4. The molecular weight excluding hydrogens is 420 g/mol. The third-order valence-electron chi connectivity index (χ3n) is 5.10. The molecule has 0 aliphatic rings. The van der Waals surface area contributed by atoms with Crippen LogP contribution in [0.2, 0.25) is 0 Å². The Labute approximate surface area is 192 Å². The molecule has 3 rings (SSSR count). The van der Waals surface area contributed by atoms with Gasteiger partial charge in [0.2, 0.25) is 0 Å². The van der Waals surface area contributed by atoms with E-state index in [4.69, 9.17) is 9.47 Å². The van der Waals surface area contributed by atoms with Crippen molar-refractivity contribution in [2.24, 2.45) is 0 Å². The maximum Gasteiger partial charge on any atom is 0.321 e. The van der Waals surface area contributed by atoms with Gasteiger partial charge in [-0.2, -0.15) is 0 Å². The topological polar surface area (TPSA) is 93.7 Å². The van der Waals surface area contributed by atoms with E-state index in [0.29, 0.717) is 24.3 Å². The van der Waals surface area contributed by atoms with E-state index in [0.717, 1.165) is 16.9 Å². The smallest absolute Gasteiger partial charge is 0.321 e. The molecule has 0 bridgehead atoms. The molecule has 0 saturated carbocycles. The van der Waals surface area contributed by atoms with Gasteiger partial charge in [-0.05, 0) is 42.3 Å². The van der Waals surface area contributed by atoms with Gasteiger partial charge in [0, 0.05) is 29.7 Å². The first kappa shape index (κ1) is 23.5. The Kier molecular flexibility index (Phi) is 8.18. The van der Waals surface area contributed by atoms with Gasteiger partial charge >= 0.3 is 6.03 Å². The van der Waals surface area contributed by atoms with Gasteiger partial charge in [-0.1, -0.05) is 42.5 Å². The normalized spacial score (nSPS) is 10.2. The number of urea groups is 1. The van der Waals surface area contributed by atoms with Crippen LogP contribution in [0.4, 0.5) is 4.79 Å².